The predicted molar refractivity (Wildman–Crippen MR) is 119 cm³/mol. The highest BCUT2D eigenvalue weighted by Crippen LogP contribution is 2.27. The van der Waals surface area contributed by atoms with Gasteiger partial charge in [-0.15, -0.1) is 0 Å². The number of carbonyl (C=O) groups is 2. The molecular weight excluding hydrogens is 392 g/mol. The van der Waals surface area contributed by atoms with Gasteiger partial charge in [-0.2, -0.15) is 5.26 Å². The molecule has 1 aromatic heterocycles. The summed E-state index contributed by atoms with van der Waals surface area (Å²) in [6.07, 6.45) is 1.64. The van der Waals surface area contributed by atoms with Crippen molar-refractivity contribution in [1.82, 2.24) is 9.47 Å². The summed E-state index contributed by atoms with van der Waals surface area (Å²) in [7, 11) is 0. The number of likely N-dealkylation sites (tertiary alicyclic amines) is 1. The van der Waals surface area contributed by atoms with Gasteiger partial charge < -0.3 is 14.6 Å². The number of benzene rings is 1. The first-order chi connectivity index (χ1) is 14.9. The number of piperidine rings is 1. The molecule has 1 aliphatic rings. The Morgan fingerprint density at radius 2 is 2.00 bits per heavy atom. The van der Waals surface area contributed by atoms with E-state index in [1.165, 1.54) is 0 Å². The van der Waals surface area contributed by atoms with Gasteiger partial charge in [0.1, 0.15) is 11.9 Å². The molecule has 1 unspecified atom stereocenters. The third-order valence-corrected chi connectivity index (χ3v) is 5.88. The van der Waals surface area contributed by atoms with Gasteiger partial charge in [-0.3, -0.25) is 14.5 Å². The van der Waals surface area contributed by atoms with Crippen LogP contribution in [0.2, 0.25) is 0 Å². The summed E-state index contributed by atoms with van der Waals surface area (Å²) in [4.78, 5) is 26.9. The number of ether oxygens (including phenoxy) is 1. The molecule has 3 rings (SSSR count). The molecule has 0 aliphatic carbocycles. The van der Waals surface area contributed by atoms with Crippen LogP contribution in [0.5, 0.6) is 0 Å². The van der Waals surface area contributed by atoms with Gasteiger partial charge >= 0.3 is 5.97 Å². The number of nitriles is 1. The zero-order valence-corrected chi connectivity index (χ0v) is 18.5. The molecule has 164 valence electrons. The highest BCUT2D eigenvalue weighted by atomic mass is 16.5. The van der Waals surface area contributed by atoms with Crippen LogP contribution in [0.15, 0.2) is 30.3 Å². The molecule has 1 saturated heterocycles. The molecule has 1 amide bonds. The molecule has 7 nitrogen and oxygen atoms in total. The Morgan fingerprint density at radius 1 is 1.26 bits per heavy atom. The molecule has 1 N–H and O–H groups in total. The van der Waals surface area contributed by atoms with E-state index in [0.29, 0.717) is 31.1 Å². The number of rotatable bonds is 7. The molecule has 0 bridgehead atoms. The van der Waals surface area contributed by atoms with E-state index in [0.717, 1.165) is 36.2 Å². The van der Waals surface area contributed by atoms with Crippen LogP contribution in [0.4, 0.5) is 5.82 Å². The van der Waals surface area contributed by atoms with Crippen molar-refractivity contribution in [1.29, 1.82) is 5.26 Å². The summed E-state index contributed by atoms with van der Waals surface area (Å²) in [5.74, 6) is -0.0388. The third-order valence-electron chi connectivity index (χ3n) is 5.88. The predicted octanol–water partition coefficient (Wildman–Crippen LogP) is 3.24. The highest BCUT2D eigenvalue weighted by molar-refractivity contribution is 5.93. The van der Waals surface area contributed by atoms with E-state index in [1.54, 1.807) is 6.92 Å². The highest BCUT2D eigenvalue weighted by Gasteiger charge is 2.28. The molecule has 7 heteroatoms. The van der Waals surface area contributed by atoms with Gasteiger partial charge in [-0.25, -0.2) is 0 Å². The standard InChI is InChI=1S/C24H30N4O3/c1-4-31-24(30)20-11-8-12-27(15-20)16-22(29)26-23-21(13-25)17(2)18(3)28(23)14-19-9-6-5-7-10-19/h5-7,9-10,20H,4,8,11-12,14-16H2,1-3H3,(H,26,29). The van der Waals surface area contributed by atoms with Crippen molar-refractivity contribution < 1.29 is 14.3 Å². The molecule has 2 heterocycles. The fraction of sp³-hybridized carbons (Fsp3) is 0.458. The van der Waals surface area contributed by atoms with Gasteiger partial charge in [-0.1, -0.05) is 30.3 Å². The van der Waals surface area contributed by atoms with Crippen LogP contribution >= 0.6 is 0 Å². The lowest BCUT2D eigenvalue weighted by molar-refractivity contribution is -0.150. The number of amides is 1. The lowest BCUT2D eigenvalue weighted by Crippen LogP contribution is -2.43. The zero-order chi connectivity index (χ0) is 22.4. The van der Waals surface area contributed by atoms with Gasteiger partial charge in [0, 0.05) is 18.8 Å². The molecule has 1 aliphatic heterocycles. The van der Waals surface area contributed by atoms with Crippen molar-refractivity contribution in [2.45, 2.75) is 40.2 Å². The summed E-state index contributed by atoms with van der Waals surface area (Å²) in [5.41, 5.74) is 3.41. The maximum absolute atomic E-state index is 12.9. The zero-order valence-electron chi connectivity index (χ0n) is 18.5. The molecule has 0 saturated carbocycles. The van der Waals surface area contributed by atoms with Gasteiger partial charge in [-0.05, 0) is 51.3 Å². The fourth-order valence-corrected chi connectivity index (χ4v) is 4.12. The molecular formula is C24H30N4O3. The van der Waals surface area contributed by atoms with Gasteiger partial charge in [0.05, 0.1) is 24.6 Å². The Morgan fingerprint density at radius 3 is 2.68 bits per heavy atom. The van der Waals surface area contributed by atoms with Crippen LogP contribution < -0.4 is 5.32 Å². The van der Waals surface area contributed by atoms with E-state index in [4.69, 9.17) is 4.74 Å². The molecule has 31 heavy (non-hydrogen) atoms. The van der Waals surface area contributed by atoms with E-state index in [2.05, 4.69) is 11.4 Å². The number of nitrogens with zero attached hydrogens (tertiary/aromatic N) is 3. The number of carbonyl (C=O) groups excluding carboxylic acids is 2. The van der Waals surface area contributed by atoms with Crippen LogP contribution in [0.25, 0.3) is 0 Å². The number of hydrogen-bond donors (Lipinski definition) is 1. The van der Waals surface area contributed by atoms with Gasteiger partial charge in [0.25, 0.3) is 0 Å². The molecule has 1 atom stereocenters. The summed E-state index contributed by atoms with van der Waals surface area (Å²) in [6.45, 7) is 8.05. The number of anilines is 1. The minimum atomic E-state index is -0.192. The lowest BCUT2D eigenvalue weighted by atomic mass is 9.98. The second-order valence-electron chi connectivity index (χ2n) is 7.99. The van der Waals surface area contributed by atoms with E-state index < -0.39 is 0 Å². The van der Waals surface area contributed by atoms with Gasteiger partial charge in [0.15, 0.2) is 0 Å². The van der Waals surface area contributed by atoms with E-state index in [-0.39, 0.29) is 24.3 Å². The Labute approximate surface area is 183 Å². The Bertz CT molecular complexity index is 975. The average molecular weight is 423 g/mol. The second kappa shape index (κ2) is 10.3. The third kappa shape index (κ3) is 5.33. The Kier molecular flexibility index (Phi) is 7.48. The van der Waals surface area contributed by atoms with Crippen molar-refractivity contribution >= 4 is 17.7 Å². The lowest BCUT2D eigenvalue weighted by Gasteiger charge is -2.30. The number of hydrogen-bond acceptors (Lipinski definition) is 5. The van der Waals surface area contributed by atoms with Crippen LogP contribution in [-0.2, 0) is 20.9 Å². The van der Waals surface area contributed by atoms with Crippen molar-refractivity contribution in [3.05, 3.63) is 52.7 Å². The first kappa shape index (κ1) is 22.6. The smallest absolute Gasteiger partial charge is 0.310 e. The van der Waals surface area contributed by atoms with E-state index in [1.807, 2.05) is 53.6 Å². The van der Waals surface area contributed by atoms with E-state index >= 15 is 0 Å². The van der Waals surface area contributed by atoms with E-state index in [9.17, 15) is 14.9 Å². The van der Waals surface area contributed by atoms with Crippen molar-refractivity contribution in [3.8, 4) is 6.07 Å². The maximum atomic E-state index is 12.9. The summed E-state index contributed by atoms with van der Waals surface area (Å²) in [5, 5.41) is 12.7. The van der Waals surface area contributed by atoms with Crippen molar-refractivity contribution in [3.63, 3.8) is 0 Å². The normalized spacial score (nSPS) is 16.5. The first-order valence-electron chi connectivity index (χ1n) is 10.8. The molecule has 1 fully saturated rings. The quantitative estimate of drug-likeness (QED) is 0.692. The van der Waals surface area contributed by atoms with Crippen molar-refractivity contribution in [2.24, 2.45) is 5.92 Å². The Balaban J connectivity index is 1.74. The minimum absolute atomic E-state index is 0.176. The number of nitrogens with one attached hydrogen (secondary N) is 1. The maximum Gasteiger partial charge on any atom is 0.310 e. The minimum Gasteiger partial charge on any atom is -0.466 e. The van der Waals surface area contributed by atoms with Crippen LogP contribution in [0.1, 0.15) is 42.1 Å². The molecule has 0 radical (unpaired) electrons. The molecule has 0 spiro atoms. The topological polar surface area (TPSA) is 87.4 Å². The summed E-state index contributed by atoms with van der Waals surface area (Å²) < 4.78 is 7.13. The fourth-order valence-electron chi connectivity index (χ4n) is 4.12. The molecule has 1 aromatic carbocycles. The van der Waals surface area contributed by atoms with Crippen molar-refractivity contribution in [2.75, 3.05) is 31.6 Å². The second-order valence-corrected chi connectivity index (χ2v) is 7.99. The first-order valence-corrected chi connectivity index (χ1v) is 10.8. The summed E-state index contributed by atoms with van der Waals surface area (Å²) >= 11 is 0. The van der Waals surface area contributed by atoms with Crippen LogP contribution in [-0.4, -0.2) is 47.6 Å². The summed E-state index contributed by atoms with van der Waals surface area (Å²) in [6, 6.07) is 12.2. The largest absolute Gasteiger partial charge is 0.466 e. The molecule has 2 aromatic rings. The monoisotopic (exact) mass is 422 g/mol. The average Bonchev–Trinajstić information content (AvgIpc) is 2.98. The number of aromatic nitrogens is 1. The number of esters is 1. The van der Waals surface area contributed by atoms with Crippen LogP contribution in [0.3, 0.4) is 0 Å². The van der Waals surface area contributed by atoms with Gasteiger partial charge in [0.2, 0.25) is 5.91 Å². The SMILES string of the molecule is CCOC(=O)C1CCCN(CC(=O)Nc2c(C#N)c(C)c(C)n2Cc2ccccc2)C1. The van der Waals surface area contributed by atoms with Crippen LogP contribution in [0, 0.1) is 31.1 Å². The Hall–Kier alpha value is -3.11.